The van der Waals surface area contributed by atoms with E-state index < -0.39 is 0 Å². The van der Waals surface area contributed by atoms with Crippen molar-refractivity contribution < 1.29 is 14.4 Å². The molecule has 5 rings (SSSR count). The van der Waals surface area contributed by atoms with Crippen LogP contribution in [0, 0.1) is 0 Å². The molecule has 0 atom stereocenters. The molecule has 0 bridgehead atoms. The number of halogens is 1. The van der Waals surface area contributed by atoms with Crippen molar-refractivity contribution in [3.63, 3.8) is 0 Å². The Morgan fingerprint density at radius 2 is 1.57 bits per heavy atom. The summed E-state index contributed by atoms with van der Waals surface area (Å²) in [5.41, 5.74) is 3.36. The van der Waals surface area contributed by atoms with Crippen LogP contribution < -0.4 is 15.5 Å². The van der Waals surface area contributed by atoms with Crippen LogP contribution >= 0.6 is 11.6 Å². The molecule has 2 aliphatic rings. The second-order valence-corrected chi connectivity index (χ2v) is 10.6. The SMILES string of the molecule is O=C(Nc1cc(C(=O)N2CCNCC2)ccc1N1CCCN(C(=O)Cc2ccccc2)CC1)c1cccc(Cl)c1. The summed E-state index contributed by atoms with van der Waals surface area (Å²) in [6, 6.07) is 22.1. The van der Waals surface area contributed by atoms with E-state index in [1.165, 1.54) is 0 Å². The molecule has 9 heteroatoms. The first kappa shape index (κ1) is 27.7. The van der Waals surface area contributed by atoms with E-state index in [-0.39, 0.29) is 17.7 Å². The molecule has 3 aromatic rings. The second kappa shape index (κ2) is 13.0. The highest BCUT2D eigenvalue weighted by Gasteiger charge is 2.24. The van der Waals surface area contributed by atoms with E-state index in [1.54, 1.807) is 30.3 Å². The van der Waals surface area contributed by atoms with Crippen molar-refractivity contribution in [2.24, 2.45) is 0 Å². The van der Waals surface area contributed by atoms with Gasteiger partial charge in [0.1, 0.15) is 0 Å². The number of amides is 3. The van der Waals surface area contributed by atoms with E-state index in [9.17, 15) is 14.4 Å². The summed E-state index contributed by atoms with van der Waals surface area (Å²) < 4.78 is 0. The Labute approximate surface area is 239 Å². The summed E-state index contributed by atoms with van der Waals surface area (Å²) >= 11 is 6.13. The minimum atomic E-state index is -0.301. The highest BCUT2D eigenvalue weighted by Crippen LogP contribution is 2.30. The van der Waals surface area contributed by atoms with E-state index in [1.807, 2.05) is 52.3 Å². The standard InChI is InChI=1S/C31H34ClN5O3/c32-26-9-4-8-24(21-26)30(39)34-27-22-25(31(40)37-16-12-33-13-17-37)10-11-28(27)35-14-5-15-36(19-18-35)29(38)20-23-6-2-1-3-7-23/h1-4,6-11,21-22,33H,5,12-20H2,(H,34,39). The van der Waals surface area contributed by atoms with Gasteiger partial charge in [-0.05, 0) is 48.4 Å². The van der Waals surface area contributed by atoms with Gasteiger partial charge in [0.05, 0.1) is 17.8 Å². The van der Waals surface area contributed by atoms with Crippen LogP contribution in [0.15, 0.2) is 72.8 Å². The molecule has 2 fully saturated rings. The zero-order valence-electron chi connectivity index (χ0n) is 22.4. The largest absolute Gasteiger partial charge is 0.368 e. The molecule has 0 spiro atoms. The van der Waals surface area contributed by atoms with E-state index in [0.717, 1.165) is 37.3 Å². The van der Waals surface area contributed by atoms with Crippen molar-refractivity contribution >= 4 is 40.7 Å². The predicted octanol–water partition coefficient (Wildman–Crippen LogP) is 3.92. The van der Waals surface area contributed by atoms with Crippen LogP contribution in [0.1, 0.15) is 32.7 Å². The highest BCUT2D eigenvalue weighted by molar-refractivity contribution is 6.31. The number of rotatable bonds is 6. The Bertz CT molecular complexity index is 1360. The molecule has 2 N–H and O–H groups in total. The summed E-state index contributed by atoms with van der Waals surface area (Å²) in [6.45, 7) is 5.39. The lowest BCUT2D eigenvalue weighted by Gasteiger charge is -2.29. The van der Waals surface area contributed by atoms with Gasteiger partial charge in [-0.15, -0.1) is 0 Å². The highest BCUT2D eigenvalue weighted by atomic mass is 35.5. The van der Waals surface area contributed by atoms with E-state index in [4.69, 9.17) is 11.6 Å². The van der Waals surface area contributed by atoms with Gasteiger partial charge in [0.25, 0.3) is 11.8 Å². The van der Waals surface area contributed by atoms with Crippen LogP contribution in [0.25, 0.3) is 0 Å². The minimum absolute atomic E-state index is 0.0557. The van der Waals surface area contributed by atoms with Crippen molar-refractivity contribution in [1.29, 1.82) is 0 Å². The van der Waals surface area contributed by atoms with E-state index in [0.29, 0.717) is 61.0 Å². The number of piperazine rings is 1. The number of carbonyl (C=O) groups is 3. The van der Waals surface area contributed by atoms with Gasteiger partial charge < -0.3 is 25.3 Å². The number of anilines is 2. The maximum atomic E-state index is 13.3. The van der Waals surface area contributed by atoms with Crippen LogP contribution in [-0.4, -0.2) is 79.9 Å². The first-order chi connectivity index (χ1) is 19.5. The molecule has 0 aliphatic carbocycles. The van der Waals surface area contributed by atoms with Gasteiger partial charge in [0.2, 0.25) is 5.91 Å². The smallest absolute Gasteiger partial charge is 0.255 e. The Morgan fingerprint density at radius 3 is 2.35 bits per heavy atom. The fraction of sp³-hybridized carbons (Fsp3) is 0.323. The summed E-state index contributed by atoms with van der Waals surface area (Å²) in [5.74, 6) is -0.246. The molecule has 0 radical (unpaired) electrons. The van der Waals surface area contributed by atoms with Gasteiger partial charge in [-0.1, -0.05) is 48.0 Å². The Hall–Kier alpha value is -3.88. The van der Waals surface area contributed by atoms with Crippen LogP contribution in [0.5, 0.6) is 0 Å². The quantitative estimate of drug-likeness (QED) is 0.478. The molecule has 0 aromatic heterocycles. The van der Waals surface area contributed by atoms with Gasteiger partial charge in [-0.3, -0.25) is 14.4 Å². The third kappa shape index (κ3) is 6.81. The van der Waals surface area contributed by atoms with Crippen molar-refractivity contribution in [2.75, 3.05) is 62.6 Å². The number of nitrogens with one attached hydrogen (secondary N) is 2. The molecule has 40 heavy (non-hydrogen) atoms. The second-order valence-electron chi connectivity index (χ2n) is 10.1. The van der Waals surface area contributed by atoms with Crippen LogP contribution in [0.2, 0.25) is 5.02 Å². The van der Waals surface area contributed by atoms with Gasteiger partial charge in [-0.25, -0.2) is 0 Å². The Morgan fingerprint density at radius 1 is 0.775 bits per heavy atom. The van der Waals surface area contributed by atoms with E-state index in [2.05, 4.69) is 15.5 Å². The van der Waals surface area contributed by atoms with Crippen molar-refractivity contribution in [1.82, 2.24) is 15.1 Å². The zero-order valence-corrected chi connectivity index (χ0v) is 23.2. The number of nitrogens with zero attached hydrogens (tertiary/aromatic N) is 3. The number of carbonyl (C=O) groups excluding carboxylic acids is 3. The van der Waals surface area contributed by atoms with Gasteiger partial charge in [0.15, 0.2) is 0 Å². The molecular formula is C31H34ClN5O3. The molecule has 208 valence electrons. The fourth-order valence-corrected chi connectivity index (χ4v) is 5.40. The minimum Gasteiger partial charge on any atom is -0.368 e. The number of benzene rings is 3. The third-order valence-corrected chi connectivity index (χ3v) is 7.61. The average Bonchev–Trinajstić information content (AvgIpc) is 3.24. The molecule has 2 aliphatic heterocycles. The van der Waals surface area contributed by atoms with Crippen molar-refractivity contribution in [3.05, 3.63) is 94.5 Å². The van der Waals surface area contributed by atoms with Crippen molar-refractivity contribution in [3.8, 4) is 0 Å². The maximum absolute atomic E-state index is 13.3. The summed E-state index contributed by atoms with van der Waals surface area (Å²) in [6.07, 6.45) is 1.17. The van der Waals surface area contributed by atoms with Gasteiger partial charge in [-0.2, -0.15) is 0 Å². The van der Waals surface area contributed by atoms with Crippen LogP contribution in [-0.2, 0) is 11.2 Å². The van der Waals surface area contributed by atoms with Crippen LogP contribution in [0.4, 0.5) is 11.4 Å². The first-order valence-electron chi connectivity index (χ1n) is 13.8. The van der Waals surface area contributed by atoms with E-state index >= 15 is 0 Å². The average molecular weight is 560 g/mol. The lowest BCUT2D eigenvalue weighted by Crippen LogP contribution is -2.46. The molecule has 0 saturated carbocycles. The van der Waals surface area contributed by atoms with Crippen molar-refractivity contribution in [2.45, 2.75) is 12.8 Å². The molecule has 3 amide bonds. The molecule has 8 nitrogen and oxygen atoms in total. The summed E-state index contributed by atoms with van der Waals surface area (Å²) in [4.78, 5) is 45.4. The van der Waals surface area contributed by atoms with Gasteiger partial charge >= 0.3 is 0 Å². The van der Waals surface area contributed by atoms with Crippen LogP contribution in [0.3, 0.4) is 0 Å². The third-order valence-electron chi connectivity index (χ3n) is 7.37. The topological polar surface area (TPSA) is 85.0 Å². The van der Waals surface area contributed by atoms with Gasteiger partial charge in [0, 0.05) is 68.5 Å². The summed E-state index contributed by atoms with van der Waals surface area (Å²) in [7, 11) is 0. The first-order valence-corrected chi connectivity index (χ1v) is 14.1. The number of hydrogen-bond donors (Lipinski definition) is 2. The molecule has 3 aromatic carbocycles. The molecule has 0 unspecified atom stereocenters. The molecule has 2 heterocycles. The monoisotopic (exact) mass is 559 g/mol. The normalized spacial score (nSPS) is 15.9. The summed E-state index contributed by atoms with van der Waals surface area (Å²) in [5, 5.41) is 6.78. The Kier molecular flexibility index (Phi) is 8.98. The number of hydrogen-bond acceptors (Lipinski definition) is 5. The zero-order chi connectivity index (χ0) is 27.9. The molecule has 2 saturated heterocycles. The fourth-order valence-electron chi connectivity index (χ4n) is 5.21. The lowest BCUT2D eigenvalue weighted by atomic mass is 10.1. The molecular weight excluding hydrogens is 526 g/mol. The predicted molar refractivity (Wildman–Crippen MR) is 158 cm³/mol. The lowest BCUT2D eigenvalue weighted by molar-refractivity contribution is -0.130. The maximum Gasteiger partial charge on any atom is 0.255 e. The Balaban J connectivity index is 1.36.